The maximum absolute atomic E-state index is 12.0. The molecule has 8 heteroatoms. The number of nitro groups is 1. The van der Waals surface area contributed by atoms with Crippen LogP contribution < -0.4 is 10.1 Å². The van der Waals surface area contributed by atoms with Crippen LogP contribution in [0.4, 0.5) is 11.4 Å². The normalized spacial score (nSPS) is 9.95. The largest absolute Gasteiger partial charge is 0.506 e. The van der Waals surface area contributed by atoms with Gasteiger partial charge in [0.1, 0.15) is 11.5 Å². The summed E-state index contributed by atoms with van der Waals surface area (Å²) in [5, 5.41) is 22.5. The number of hydrogen-bond acceptors (Lipinski definition) is 6. The second-order valence-electron chi connectivity index (χ2n) is 4.03. The lowest BCUT2D eigenvalue weighted by atomic mass is 10.2. The molecule has 2 N–H and O–H groups in total. The highest BCUT2D eigenvalue weighted by Gasteiger charge is 2.14. The van der Waals surface area contributed by atoms with Crippen LogP contribution in [0.2, 0.25) is 0 Å². The van der Waals surface area contributed by atoms with Crippen LogP contribution >= 0.6 is 0 Å². The van der Waals surface area contributed by atoms with Crippen LogP contribution in [-0.4, -0.2) is 28.0 Å². The Morgan fingerprint density at radius 3 is 2.76 bits per heavy atom. The molecule has 2 rings (SSSR count). The van der Waals surface area contributed by atoms with Gasteiger partial charge in [-0.05, 0) is 12.1 Å². The van der Waals surface area contributed by atoms with E-state index in [1.54, 1.807) is 0 Å². The molecule has 21 heavy (non-hydrogen) atoms. The van der Waals surface area contributed by atoms with E-state index in [-0.39, 0.29) is 28.4 Å². The highest BCUT2D eigenvalue weighted by atomic mass is 16.6. The van der Waals surface area contributed by atoms with Crippen molar-refractivity contribution in [2.45, 2.75) is 0 Å². The molecular formula is C13H11N3O5. The molecule has 0 atom stereocenters. The van der Waals surface area contributed by atoms with E-state index in [2.05, 4.69) is 10.3 Å². The Morgan fingerprint density at radius 1 is 1.38 bits per heavy atom. The summed E-state index contributed by atoms with van der Waals surface area (Å²) in [6, 6.07) is 5.07. The maximum atomic E-state index is 12.0. The van der Waals surface area contributed by atoms with Gasteiger partial charge < -0.3 is 15.2 Å². The van der Waals surface area contributed by atoms with Gasteiger partial charge in [-0.1, -0.05) is 0 Å². The molecule has 0 bridgehead atoms. The van der Waals surface area contributed by atoms with Gasteiger partial charge >= 0.3 is 0 Å². The maximum Gasteiger partial charge on any atom is 0.273 e. The number of benzene rings is 1. The third-order valence-corrected chi connectivity index (χ3v) is 2.63. The van der Waals surface area contributed by atoms with Crippen LogP contribution in [0.3, 0.4) is 0 Å². The van der Waals surface area contributed by atoms with Crippen LogP contribution in [-0.2, 0) is 0 Å². The summed E-state index contributed by atoms with van der Waals surface area (Å²) in [6.07, 6.45) is 2.48. The topological polar surface area (TPSA) is 115 Å². The van der Waals surface area contributed by atoms with Crippen molar-refractivity contribution in [2.75, 3.05) is 12.4 Å². The number of nitrogens with one attached hydrogen (secondary N) is 1. The van der Waals surface area contributed by atoms with Gasteiger partial charge in [0, 0.05) is 12.3 Å². The SMILES string of the molecule is COc1cc([N+](=O)[O-])ccc1NC(=O)c1cncc(O)c1. The first-order valence-corrected chi connectivity index (χ1v) is 5.79. The van der Waals surface area contributed by atoms with Crippen molar-refractivity contribution in [1.82, 2.24) is 4.98 Å². The molecule has 0 saturated heterocycles. The van der Waals surface area contributed by atoms with E-state index in [4.69, 9.17) is 4.74 Å². The first kappa shape index (κ1) is 14.3. The highest BCUT2D eigenvalue weighted by Crippen LogP contribution is 2.29. The van der Waals surface area contributed by atoms with E-state index in [9.17, 15) is 20.0 Å². The minimum atomic E-state index is -0.562. The highest BCUT2D eigenvalue weighted by molar-refractivity contribution is 6.05. The molecule has 1 amide bonds. The van der Waals surface area contributed by atoms with E-state index in [1.807, 2.05) is 0 Å². The lowest BCUT2D eigenvalue weighted by Crippen LogP contribution is -2.13. The number of amides is 1. The Bertz CT molecular complexity index is 702. The Hall–Kier alpha value is -3.16. The van der Waals surface area contributed by atoms with Crippen molar-refractivity contribution < 1.29 is 19.6 Å². The summed E-state index contributed by atoms with van der Waals surface area (Å²) in [5.41, 5.74) is 0.274. The Morgan fingerprint density at radius 2 is 2.14 bits per heavy atom. The number of carbonyl (C=O) groups is 1. The molecule has 0 aliphatic heterocycles. The summed E-state index contributed by atoms with van der Waals surface area (Å²) in [6.45, 7) is 0. The molecule has 0 radical (unpaired) electrons. The first-order valence-electron chi connectivity index (χ1n) is 5.79. The lowest BCUT2D eigenvalue weighted by Gasteiger charge is -2.09. The van der Waals surface area contributed by atoms with Gasteiger partial charge in [-0.3, -0.25) is 19.9 Å². The van der Waals surface area contributed by atoms with Crippen LogP contribution in [0.25, 0.3) is 0 Å². The minimum absolute atomic E-state index is 0.140. The van der Waals surface area contributed by atoms with Crippen LogP contribution in [0.15, 0.2) is 36.7 Å². The predicted molar refractivity (Wildman–Crippen MR) is 73.5 cm³/mol. The van der Waals surface area contributed by atoms with Gasteiger partial charge in [-0.25, -0.2) is 0 Å². The lowest BCUT2D eigenvalue weighted by molar-refractivity contribution is -0.384. The predicted octanol–water partition coefficient (Wildman–Crippen LogP) is 1.96. The molecule has 108 valence electrons. The van der Waals surface area contributed by atoms with E-state index >= 15 is 0 Å². The molecule has 2 aromatic rings. The van der Waals surface area contributed by atoms with Crippen LogP contribution in [0, 0.1) is 10.1 Å². The Balaban J connectivity index is 2.27. The third-order valence-electron chi connectivity index (χ3n) is 2.63. The van der Waals surface area contributed by atoms with Gasteiger partial charge in [0.05, 0.1) is 35.5 Å². The summed E-state index contributed by atoms with van der Waals surface area (Å²) in [7, 11) is 1.34. The van der Waals surface area contributed by atoms with Crippen molar-refractivity contribution >= 4 is 17.3 Å². The van der Waals surface area contributed by atoms with Gasteiger partial charge in [0.2, 0.25) is 0 Å². The van der Waals surface area contributed by atoms with Gasteiger partial charge in [-0.2, -0.15) is 0 Å². The number of aromatic nitrogens is 1. The number of nitrogens with zero attached hydrogens (tertiary/aromatic N) is 2. The molecule has 1 aromatic carbocycles. The van der Waals surface area contributed by atoms with Crippen molar-refractivity contribution in [1.29, 1.82) is 0 Å². The number of carbonyl (C=O) groups excluding carboxylic acids is 1. The summed E-state index contributed by atoms with van der Waals surface area (Å²) < 4.78 is 5.01. The summed E-state index contributed by atoms with van der Waals surface area (Å²) in [4.78, 5) is 25.8. The van der Waals surface area contributed by atoms with E-state index in [0.29, 0.717) is 0 Å². The first-order chi connectivity index (χ1) is 10.0. The number of aromatic hydroxyl groups is 1. The van der Waals surface area contributed by atoms with E-state index in [0.717, 1.165) is 0 Å². The fourth-order valence-corrected chi connectivity index (χ4v) is 1.64. The van der Waals surface area contributed by atoms with Gasteiger partial charge in [-0.15, -0.1) is 0 Å². The summed E-state index contributed by atoms with van der Waals surface area (Å²) in [5.74, 6) is -0.505. The molecule has 0 fully saturated rings. The number of hydrogen-bond donors (Lipinski definition) is 2. The number of methoxy groups -OCH3 is 1. The number of nitro benzene ring substituents is 1. The van der Waals surface area contributed by atoms with Crippen LogP contribution in [0.1, 0.15) is 10.4 Å². The zero-order valence-corrected chi connectivity index (χ0v) is 10.9. The molecule has 1 heterocycles. The smallest absolute Gasteiger partial charge is 0.273 e. The van der Waals surface area contributed by atoms with Crippen molar-refractivity contribution in [3.05, 3.63) is 52.3 Å². The molecule has 0 spiro atoms. The average Bonchev–Trinajstić information content (AvgIpc) is 2.47. The zero-order chi connectivity index (χ0) is 15.4. The van der Waals surface area contributed by atoms with E-state index in [1.165, 1.54) is 43.8 Å². The van der Waals surface area contributed by atoms with Crippen molar-refractivity contribution in [3.8, 4) is 11.5 Å². The standard InChI is InChI=1S/C13H11N3O5/c1-21-12-5-9(16(19)20)2-3-11(12)15-13(18)8-4-10(17)7-14-6-8/h2-7,17H,1H3,(H,15,18). The van der Waals surface area contributed by atoms with E-state index < -0.39 is 10.8 Å². The molecular weight excluding hydrogens is 278 g/mol. The summed E-state index contributed by atoms with van der Waals surface area (Å²) >= 11 is 0. The molecule has 0 unspecified atom stereocenters. The molecule has 0 aliphatic rings. The quantitative estimate of drug-likeness (QED) is 0.656. The van der Waals surface area contributed by atoms with Gasteiger partial charge in [0.15, 0.2) is 0 Å². The third kappa shape index (κ3) is 3.24. The second kappa shape index (κ2) is 5.87. The number of non-ortho nitro benzene ring substituents is 1. The number of ether oxygens (including phenoxy) is 1. The van der Waals surface area contributed by atoms with Crippen molar-refractivity contribution in [2.24, 2.45) is 0 Å². The molecule has 0 saturated carbocycles. The fraction of sp³-hybridized carbons (Fsp3) is 0.0769. The Labute approximate surface area is 119 Å². The fourth-order valence-electron chi connectivity index (χ4n) is 1.64. The number of rotatable bonds is 4. The van der Waals surface area contributed by atoms with Crippen LogP contribution in [0.5, 0.6) is 11.5 Å². The average molecular weight is 289 g/mol. The molecule has 0 aliphatic carbocycles. The second-order valence-corrected chi connectivity index (χ2v) is 4.03. The number of anilines is 1. The monoisotopic (exact) mass is 289 g/mol. The Kier molecular flexibility index (Phi) is 3.98. The van der Waals surface area contributed by atoms with Gasteiger partial charge in [0.25, 0.3) is 11.6 Å². The number of pyridine rings is 1. The molecule has 8 nitrogen and oxygen atoms in total. The zero-order valence-electron chi connectivity index (χ0n) is 10.9. The molecule has 1 aromatic heterocycles. The van der Waals surface area contributed by atoms with Crippen molar-refractivity contribution in [3.63, 3.8) is 0 Å². The minimum Gasteiger partial charge on any atom is -0.506 e.